The molecular formula is C12H18IN3S. The molecule has 1 aromatic heterocycles. The van der Waals surface area contributed by atoms with Gasteiger partial charge in [0.2, 0.25) is 0 Å². The second-order valence-corrected chi connectivity index (χ2v) is 6.68. The topological polar surface area (TPSA) is 37.8 Å². The van der Waals surface area contributed by atoms with Crippen LogP contribution in [0.15, 0.2) is 6.20 Å². The molecule has 0 amide bonds. The Morgan fingerprint density at radius 2 is 2.41 bits per heavy atom. The molecule has 0 aliphatic carbocycles. The highest BCUT2D eigenvalue weighted by molar-refractivity contribution is 14.1. The summed E-state index contributed by atoms with van der Waals surface area (Å²) < 4.78 is 1.11. The van der Waals surface area contributed by atoms with Gasteiger partial charge in [-0.25, -0.2) is 9.97 Å². The summed E-state index contributed by atoms with van der Waals surface area (Å²) in [5.74, 6) is 3.26. The van der Waals surface area contributed by atoms with Crippen LogP contribution < -0.4 is 5.32 Å². The number of hydrogen-bond donors (Lipinski definition) is 1. The monoisotopic (exact) mass is 363 g/mol. The van der Waals surface area contributed by atoms with Crippen molar-refractivity contribution >= 4 is 40.2 Å². The molecule has 0 saturated carbocycles. The smallest absolute Gasteiger partial charge is 0.143 e. The summed E-state index contributed by atoms with van der Waals surface area (Å²) in [5, 5.41) is 3.88. The Balaban J connectivity index is 2.11. The minimum Gasteiger partial charge on any atom is -0.369 e. The molecule has 1 N–H and O–H groups in total. The summed E-state index contributed by atoms with van der Waals surface area (Å²) in [6.07, 6.45) is 6.93. The number of anilines is 1. The fourth-order valence-corrected chi connectivity index (χ4v) is 3.55. The Kier molecular flexibility index (Phi) is 5.34. The van der Waals surface area contributed by atoms with Gasteiger partial charge in [0, 0.05) is 12.7 Å². The number of rotatable bonds is 4. The van der Waals surface area contributed by atoms with E-state index in [0.29, 0.717) is 5.25 Å². The van der Waals surface area contributed by atoms with Gasteiger partial charge in [-0.05, 0) is 47.6 Å². The Morgan fingerprint density at radius 1 is 1.53 bits per heavy atom. The average Bonchev–Trinajstić information content (AvgIpc) is 2.39. The lowest BCUT2D eigenvalue weighted by molar-refractivity contribution is 0.662. The molecule has 1 unspecified atom stereocenters. The first kappa shape index (κ1) is 13.4. The van der Waals surface area contributed by atoms with Crippen molar-refractivity contribution in [1.29, 1.82) is 0 Å². The van der Waals surface area contributed by atoms with Gasteiger partial charge in [-0.2, -0.15) is 11.8 Å². The van der Waals surface area contributed by atoms with E-state index in [1.807, 2.05) is 18.0 Å². The van der Waals surface area contributed by atoms with E-state index in [0.717, 1.165) is 28.2 Å². The molecule has 94 valence electrons. The number of nitrogens with one attached hydrogen (secondary N) is 1. The normalized spacial score (nSPS) is 20.2. The molecule has 1 aliphatic rings. The van der Waals surface area contributed by atoms with E-state index < -0.39 is 0 Å². The molecule has 0 radical (unpaired) electrons. The van der Waals surface area contributed by atoms with E-state index in [1.54, 1.807) is 0 Å². The van der Waals surface area contributed by atoms with Gasteiger partial charge in [-0.3, -0.25) is 0 Å². The molecule has 1 saturated heterocycles. The second kappa shape index (κ2) is 6.78. The van der Waals surface area contributed by atoms with Crippen LogP contribution in [-0.2, 0) is 0 Å². The van der Waals surface area contributed by atoms with Gasteiger partial charge in [-0.1, -0.05) is 13.3 Å². The predicted octanol–water partition coefficient (Wildman–Crippen LogP) is 3.86. The van der Waals surface area contributed by atoms with Gasteiger partial charge in [-0.15, -0.1) is 0 Å². The predicted molar refractivity (Wildman–Crippen MR) is 82.6 cm³/mol. The van der Waals surface area contributed by atoms with Crippen molar-refractivity contribution in [3.63, 3.8) is 0 Å². The summed E-state index contributed by atoms with van der Waals surface area (Å²) in [6, 6.07) is 0. The van der Waals surface area contributed by atoms with E-state index in [4.69, 9.17) is 0 Å². The van der Waals surface area contributed by atoms with Crippen molar-refractivity contribution in [2.24, 2.45) is 0 Å². The molecule has 5 heteroatoms. The first-order valence-corrected chi connectivity index (χ1v) is 8.32. The molecule has 17 heavy (non-hydrogen) atoms. The highest BCUT2D eigenvalue weighted by atomic mass is 127. The van der Waals surface area contributed by atoms with E-state index in [1.165, 1.54) is 25.0 Å². The van der Waals surface area contributed by atoms with E-state index in [-0.39, 0.29) is 0 Å². The fraction of sp³-hybridized carbons (Fsp3) is 0.667. The third-order valence-corrected chi connectivity index (χ3v) is 4.94. The maximum atomic E-state index is 4.68. The van der Waals surface area contributed by atoms with E-state index in [2.05, 4.69) is 44.8 Å². The average molecular weight is 363 g/mol. The number of thioether (sulfide) groups is 1. The molecule has 2 heterocycles. The molecule has 1 atom stereocenters. The summed E-state index contributed by atoms with van der Waals surface area (Å²) >= 11 is 4.29. The quantitative estimate of drug-likeness (QED) is 0.825. The third kappa shape index (κ3) is 3.71. The molecule has 2 rings (SSSR count). The number of hydrogen-bond acceptors (Lipinski definition) is 4. The zero-order chi connectivity index (χ0) is 12.1. The molecule has 0 spiro atoms. The van der Waals surface area contributed by atoms with Crippen LogP contribution in [0.1, 0.15) is 43.7 Å². The van der Waals surface area contributed by atoms with Crippen LogP contribution in [0.2, 0.25) is 0 Å². The lowest BCUT2D eigenvalue weighted by Gasteiger charge is -2.20. The zero-order valence-electron chi connectivity index (χ0n) is 10.1. The van der Waals surface area contributed by atoms with E-state index >= 15 is 0 Å². The summed E-state index contributed by atoms with van der Waals surface area (Å²) in [6.45, 7) is 3.14. The van der Waals surface area contributed by atoms with Crippen LogP contribution in [-0.4, -0.2) is 22.3 Å². The SMILES string of the molecule is CCCNc1nc(C2CCCCS2)ncc1I. The van der Waals surface area contributed by atoms with Crippen LogP contribution in [0.25, 0.3) is 0 Å². The van der Waals surface area contributed by atoms with Gasteiger partial charge in [0.15, 0.2) is 0 Å². The Hall–Kier alpha value is -0.0400. The van der Waals surface area contributed by atoms with Crippen molar-refractivity contribution in [2.75, 3.05) is 17.6 Å². The Morgan fingerprint density at radius 3 is 3.12 bits per heavy atom. The lowest BCUT2D eigenvalue weighted by atomic mass is 10.2. The van der Waals surface area contributed by atoms with Gasteiger partial charge >= 0.3 is 0 Å². The van der Waals surface area contributed by atoms with Gasteiger partial charge in [0.05, 0.1) is 8.82 Å². The first-order valence-electron chi connectivity index (χ1n) is 6.19. The summed E-state index contributed by atoms with van der Waals surface area (Å²) in [5.41, 5.74) is 0. The standard InChI is InChI=1S/C12H18IN3S/c1-2-6-14-11-9(13)8-15-12(16-11)10-5-3-4-7-17-10/h8,10H,2-7H2,1H3,(H,14,15,16). The molecule has 1 aliphatic heterocycles. The molecule has 1 fully saturated rings. The highest BCUT2D eigenvalue weighted by Gasteiger charge is 2.19. The summed E-state index contributed by atoms with van der Waals surface area (Å²) in [7, 11) is 0. The van der Waals surface area contributed by atoms with Crippen molar-refractivity contribution in [3.8, 4) is 0 Å². The number of aromatic nitrogens is 2. The Bertz CT molecular complexity index is 367. The zero-order valence-corrected chi connectivity index (χ0v) is 13.1. The highest BCUT2D eigenvalue weighted by Crippen LogP contribution is 2.37. The van der Waals surface area contributed by atoms with Gasteiger partial charge in [0.1, 0.15) is 11.6 Å². The minimum absolute atomic E-state index is 0.503. The van der Waals surface area contributed by atoms with Gasteiger partial charge in [0.25, 0.3) is 0 Å². The maximum Gasteiger partial charge on any atom is 0.143 e. The molecular weight excluding hydrogens is 345 g/mol. The molecule has 0 bridgehead atoms. The van der Waals surface area contributed by atoms with Crippen molar-refractivity contribution in [2.45, 2.75) is 37.9 Å². The second-order valence-electron chi connectivity index (χ2n) is 4.21. The van der Waals surface area contributed by atoms with Crippen molar-refractivity contribution in [1.82, 2.24) is 9.97 Å². The van der Waals surface area contributed by atoms with Crippen molar-refractivity contribution < 1.29 is 0 Å². The van der Waals surface area contributed by atoms with Crippen LogP contribution in [0.4, 0.5) is 5.82 Å². The summed E-state index contributed by atoms with van der Waals surface area (Å²) in [4.78, 5) is 9.17. The number of nitrogens with zero attached hydrogens (tertiary/aromatic N) is 2. The van der Waals surface area contributed by atoms with Crippen LogP contribution >= 0.6 is 34.4 Å². The minimum atomic E-state index is 0.503. The van der Waals surface area contributed by atoms with Gasteiger partial charge < -0.3 is 5.32 Å². The van der Waals surface area contributed by atoms with E-state index in [9.17, 15) is 0 Å². The van der Waals surface area contributed by atoms with Crippen LogP contribution in [0.3, 0.4) is 0 Å². The molecule has 3 nitrogen and oxygen atoms in total. The number of halogens is 1. The molecule has 1 aromatic rings. The lowest BCUT2D eigenvalue weighted by Crippen LogP contribution is -2.10. The fourth-order valence-electron chi connectivity index (χ4n) is 1.85. The first-order chi connectivity index (χ1) is 8.31. The maximum absolute atomic E-state index is 4.68. The van der Waals surface area contributed by atoms with Crippen LogP contribution in [0.5, 0.6) is 0 Å². The van der Waals surface area contributed by atoms with Crippen molar-refractivity contribution in [3.05, 3.63) is 15.6 Å². The molecule has 0 aromatic carbocycles. The van der Waals surface area contributed by atoms with Crippen LogP contribution in [0, 0.1) is 3.57 Å². The third-order valence-electron chi connectivity index (χ3n) is 2.77. The Labute approximate surface area is 121 Å². The largest absolute Gasteiger partial charge is 0.369 e.